The molecule has 0 spiro atoms. The van der Waals surface area contributed by atoms with E-state index in [4.69, 9.17) is 9.47 Å². The van der Waals surface area contributed by atoms with Gasteiger partial charge in [0.2, 0.25) is 0 Å². The molecule has 0 bridgehead atoms. The number of carbonyl (C=O) groups is 1. The highest BCUT2D eigenvalue weighted by Gasteiger charge is 2.24. The lowest BCUT2D eigenvalue weighted by Gasteiger charge is -2.33. The maximum atomic E-state index is 13.3. The highest BCUT2D eigenvalue weighted by Crippen LogP contribution is 2.18. The van der Waals surface area contributed by atoms with E-state index in [9.17, 15) is 9.59 Å². The average molecular weight is 421 g/mol. The fraction of sp³-hybridized carbons (Fsp3) is 0.333. The maximum absolute atomic E-state index is 13.3. The molecule has 7 nitrogen and oxygen atoms in total. The molecule has 0 unspecified atom stereocenters. The zero-order valence-electron chi connectivity index (χ0n) is 17.9. The van der Waals surface area contributed by atoms with Crippen LogP contribution in [0.3, 0.4) is 0 Å². The zero-order chi connectivity index (χ0) is 21.8. The van der Waals surface area contributed by atoms with Crippen LogP contribution in [0, 0.1) is 6.92 Å². The molecule has 1 saturated heterocycles. The molecule has 0 aliphatic carbocycles. The van der Waals surface area contributed by atoms with Gasteiger partial charge in [-0.15, -0.1) is 0 Å². The Morgan fingerprint density at radius 1 is 1.10 bits per heavy atom. The topological polar surface area (TPSA) is 74.9 Å². The summed E-state index contributed by atoms with van der Waals surface area (Å²) in [5.74, 6) is 0.760. The van der Waals surface area contributed by atoms with Crippen molar-refractivity contribution in [3.05, 3.63) is 75.6 Å². The smallest absolute Gasteiger partial charge is 0.320 e. The monoisotopic (exact) mass is 421 g/mol. The van der Waals surface area contributed by atoms with Gasteiger partial charge in [-0.1, -0.05) is 23.8 Å². The summed E-state index contributed by atoms with van der Waals surface area (Å²) >= 11 is 0. The van der Waals surface area contributed by atoms with Gasteiger partial charge in [0.15, 0.2) is 0 Å². The number of hydrogen-bond acceptors (Lipinski definition) is 4. The SMILES string of the molecule is COc1ccc(CN(Cc2cc3cc(C)ccc3[nH]c2=O)C(=O)N2CCOCC2)cc1. The third kappa shape index (κ3) is 4.88. The van der Waals surface area contributed by atoms with E-state index < -0.39 is 0 Å². The fourth-order valence-electron chi connectivity index (χ4n) is 3.79. The summed E-state index contributed by atoms with van der Waals surface area (Å²) in [5.41, 5.74) is 3.26. The van der Waals surface area contributed by atoms with Crippen molar-refractivity contribution < 1.29 is 14.3 Å². The Morgan fingerprint density at radius 3 is 2.55 bits per heavy atom. The minimum atomic E-state index is -0.175. The number of hydrogen-bond donors (Lipinski definition) is 1. The number of aromatic nitrogens is 1. The lowest BCUT2D eigenvalue weighted by molar-refractivity contribution is 0.0418. The molecule has 2 amide bonds. The highest BCUT2D eigenvalue weighted by atomic mass is 16.5. The number of fused-ring (bicyclic) bond motifs is 1. The van der Waals surface area contributed by atoms with E-state index in [-0.39, 0.29) is 18.1 Å². The number of nitrogens with zero attached hydrogens (tertiary/aromatic N) is 2. The second-order valence-corrected chi connectivity index (χ2v) is 7.80. The lowest BCUT2D eigenvalue weighted by atomic mass is 10.1. The minimum Gasteiger partial charge on any atom is -0.497 e. The summed E-state index contributed by atoms with van der Waals surface area (Å²) in [5, 5.41) is 0.956. The van der Waals surface area contributed by atoms with E-state index in [2.05, 4.69) is 4.98 Å². The van der Waals surface area contributed by atoms with Gasteiger partial charge >= 0.3 is 6.03 Å². The number of morpholine rings is 1. The molecule has 2 heterocycles. The molecule has 0 radical (unpaired) electrons. The van der Waals surface area contributed by atoms with Crippen LogP contribution < -0.4 is 10.3 Å². The van der Waals surface area contributed by atoms with Crippen LogP contribution >= 0.6 is 0 Å². The van der Waals surface area contributed by atoms with Crippen LogP contribution in [0.2, 0.25) is 0 Å². The third-order valence-electron chi connectivity index (χ3n) is 5.52. The van der Waals surface area contributed by atoms with Gasteiger partial charge in [0.25, 0.3) is 5.56 Å². The second kappa shape index (κ2) is 9.22. The largest absolute Gasteiger partial charge is 0.497 e. The van der Waals surface area contributed by atoms with E-state index in [0.717, 1.165) is 27.8 Å². The normalized spacial score (nSPS) is 13.9. The maximum Gasteiger partial charge on any atom is 0.320 e. The highest BCUT2D eigenvalue weighted by molar-refractivity contribution is 5.80. The summed E-state index contributed by atoms with van der Waals surface area (Å²) < 4.78 is 10.6. The number of aryl methyl sites for hydroxylation is 1. The number of benzene rings is 2. The Bertz CT molecular complexity index is 1120. The first-order chi connectivity index (χ1) is 15.0. The molecule has 1 aromatic heterocycles. The van der Waals surface area contributed by atoms with Gasteiger partial charge in [-0.05, 0) is 48.2 Å². The number of carbonyl (C=O) groups excluding carboxylic acids is 1. The summed E-state index contributed by atoms with van der Waals surface area (Å²) in [6.45, 7) is 4.78. The Labute approximate surface area is 181 Å². The summed E-state index contributed by atoms with van der Waals surface area (Å²) in [4.78, 5) is 32.5. The molecule has 31 heavy (non-hydrogen) atoms. The van der Waals surface area contributed by atoms with Crippen LogP contribution in [-0.2, 0) is 17.8 Å². The number of rotatable bonds is 5. The molecule has 4 rings (SSSR count). The van der Waals surface area contributed by atoms with Gasteiger partial charge < -0.3 is 24.3 Å². The van der Waals surface area contributed by atoms with E-state index in [1.165, 1.54) is 0 Å². The van der Waals surface area contributed by atoms with Crippen LogP contribution in [0.5, 0.6) is 5.75 Å². The second-order valence-electron chi connectivity index (χ2n) is 7.80. The van der Waals surface area contributed by atoms with Gasteiger partial charge in [-0.2, -0.15) is 0 Å². The number of pyridine rings is 1. The summed E-state index contributed by atoms with van der Waals surface area (Å²) in [7, 11) is 1.62. The number of ether oxygens (including phenoxy) is 2. The van der Waals surface area contributed by atoms with Crippen molar-refractivity contribution in [3.8, 4) is 5.75 Å². The van der Waals surface area contributed by atoms with Crippen LogP contribution in [-0.4, -0.2) is 54.2 Å². The van der Waals surface area contributed by atoms with Crippen molar-refractivity contribution in [1.82, 2.24) is 14.8 Å². The number of urea groups is 1. The first-order valence-electron chi connectivity index (χ1n) is 10.4. The van der Waals surface area contributed by atoms with Crippen LogP contribution in [0.1, 0.15) is 16.7 Å². The molecular weight excluding hydrogens is 394 g/mol. The van der Waals surface area contributed by atoms with Crippen molar-refractivity contribution in [2.24, 2.45) is 0 Å². The van der Waals surface area contributed by atoms with Crippen LogP contribution in [0.15, 0.2) is 53.3 Å². The molecule has 0 saturated carbocycles. The predicted octanol–water partition coefficient (Wildman–Crippen LogP) is 3.30. The number of methoxy groups -OCH3 is 1. The molecule has 7 heteroatoms. The molecule has 1 aliphatic rings. The molecule has 162 valence electrons. The molecule has 1 N–H and O–H groups in total. The number of amides is 2. The van der Waals surface area contributed by atoms with Crippen LogP contribution in [0.25, 0.3) is 10.9 Å². The molecule has 1 fully saturated rings. The predicted molar refractivity (Wildman–Crippen MR) is 119 cm³/mol. The molecule has 3 aromatic rings. The first-order valence-corrected chi connectivity index (χ1v) is 10.4. The Hall–Kier alpha value is -3.32. The van der Waals surface area contributed by atoms with Gasteiger partial charge in [0.1, 0.15) is 5.75 Å². The van der Waals surface area contributed by atoms with E-state index >= 15 is 0 Å². The van der Waals surface area contributed by atoms with Crippen molar-refractivity contribution in [1.29, 1.82) is 0 Å². The van der Waals surface area contributed by atoms with Crippen LogP contribution in [0.4, 0.5) is 4.79 Å². The summed E-state index contributed by atoms with van der Waals surface area (Å²) in [6, 6.07) is 15.3. The van der Waals surface area contributed by atoms with Gasteiger partial charge in [0, 0.05) is 30.7 Å². The van der Waals surface area contributed by atoms with Crippen molar-refractivity contribution in [2.45, 2.75) is 20.0 Å². The number of aromatic amines is 1. The number of nitrogens with one attached hydrogen (secondary N) is 1. The van der Waals surface area contributed by atoms with Gasteiger partial charge in [-0.3, -0.25) is 4.79 Å². The summed E-state index contributed by atoms with van der Waals surface area (Å²) in [6.07, 6.45) is 0. The fourth-order valence-corrected chi connectivity index (χ4v) is 3.79. The van der Waals surface area contributed by atoms with Crippen molar-refractivity contribution in [3.63, 3.8) is 0 Å². The Kier molecular flexibility index (Phi) is 6.23. The zero-order valence-corrected chi connectivity index (χ0v) is 17.9. The van der Waals surface area contributed by atoms with Crippen molar-refractivity contribution in [2.75, 3.05) is 33.4 Å². The van der Waals surface area contributed by atoms with E-state index in [1.807, 2.05) is 55.5 Å². The number of H-pyrrole nitrogens is 1. The molecule has 0 atom stereocenters. The molecular formula is C24H27N3O4. The quantitative estimate of drug-likeness (QED) is 0.686. The van der Waals surface area contributed by atoms with Gasteiger partial charge in [0.05, 0.1) is 26.9 Å². The Balaban J connectivity index is 1.64. The lowest BCUT2D eigenvalue weighted by Crippen LogP contribution is -2.48. The minimum absolute atomic E-state index is 0.0946. The Morgan fingerprint density at radius 2 is 1.84 bits per heavy atom. The average Bonchev–Trinajstić information content (AvgIpc) is 2.80. The molecule has 1 aliphatic heterocycles. The van der Waals surface area contributed by atoms with E-state index in [1.54, 1.807) is 16.9 Å². The first kappa shape index (κ1) is 20.9. The third-order valence-corrected chi connectivity index (χ3v) is 5.52. The van der Waals surface area contributed by atoms with Gasteiger partial charge in [-0.25, -0.2) is 4.79 Å². The standard InChI is InChI=1S/C24H27N3O4/c1-17-3-8-22-19(13-17)14-20(23(28)25-22)16-27(24(29)26-9-11-31-12-10-26)15-18-4-6-21(30-2)7-5-18/h3-8,13-14H,9-12,15-16H2,1-2H3,(H,25,28). The van der Waals surface area contributed by atoms with Crippen molar-refractivity contribution >= 4 is 16.9 Å². The van der Waals surface area contributed by atoms with E-state index in [0.29, 0.717) is 38.4 Å². The molecule has 2 aromatic carbocycles.